The SMILES string of the molecule is COc1cc(C(=O)Nc2cccc(C(=O)N3CCN(C)CC3)c2)cc(OC)c1OC. The van der Waals surface area contributed by atoms with Crippen LogP contribution in [-0.4, -0.2) is 76.2 Å². The van der Waals surface area contributed by atoms with E-state index < -0.39 is 0 Å². The van der Waals surface area contributed by atoms with Gasteiger partial charge >= 0.3 is 0 Å². The van der Waals surface area contributed by atoms with Crippen LogP contribution in [0.25, 0.3) is 0 Å². The van der Waals surface area contributed by atoms with E-state index in [-0.39, 0.29) is 11.8 Å². The second kappa shape index (κ2) is 9.49. The fraction of sp³-hybridized carbons (Fsp3) is 0.364. The molecule has 0 aromatic heterocycles. The molecule has 0 saturated carbocycles. The van der Waals surface area contributed by atoms with Gasteiger partial charge in [0.1, 0.15) is 0 Å². The van der Waals surface area contributed by atoms with Crippen molar-refractivity contribution in [1.29, 1.82) is 0 Å². The third kappa shape index (κ3) is 4.65. The molecule has 1 fully saturated rings. The second-order valence-electron chi connectivity index (χ2n) is 7.04. The van der Waals surface area contributed by atoms with E-state index in [1.807, 2.05) is 11.9 Å². The lowest BCUT2D eigenvalue weighted by Crippen LogP contribution is -2.47. The summed E-state index contributed by atoms with van der Waals surface area (Å²) >= 11 is 0. The van der Waals surface area contributed by atoms with Crippen LogP contribution in [0, 0.1) is 0 Å². The zero-order chi connectivity index (χ0) is 21.7. The highest BCUT2D eigenvalue weighted by atomic mass is 16.5. The highest BCUT2D eigenvalue weighted by Crippen LogP contribution is 2.38. The molecule has 2 aromatic rings. The number of ether oxygens (including phenoxy) is 3. The number of carbonyl (C=O) groups excluding carboxylic acids is 2. The lowest BCUT2D eigenvalue weighted by atomic mass is 10.1. The predicted octanol–water partition coefficient (Wildman–Crippen LogP) is 2.35. The van der Waals surface area contributed by atoms with Crippen LogP contribution in [-0.2, 0) is 0 Å². The number of likely N-dealkylation sites (N-methyl/N-ethyl adjacent to an activating group) is 1. The maximum atomic E-state index is 12.8. The van der Waals surface area contributed by atoms with Crippen molar-refractivity contribution in [3.63, 3.8) is 0 Å². The lowest BCUT2D eigenvalue weighted by Gasteiger charge is -2.32. The number of methoxy groups -OCH3 is 3. The van der Waals surface area contributed by atoms with Crippen molar-refractivity contribution in [3.05, 3.63) is 47.5 Å². The molecule has 3 rings (SSSR count). The van der Waals surface area contributed by atoms with Gasteiger partial charge in [-0.05, 0) is 37.4 Å². The number of nitrogens with one attached hydrogen (secondary N) is 1. The molecule has 1 aliphatic rings. The van der Waals surface area contributed by atoms with E-state index in [0.717, 1.165) is 13.1 Å². The first-order valence-electron chi connectivity index (χ1n) is 9.66. The van der Waals surface area contributed by atoms with Gasteiger partial charge < -0.3 is 29.3 Å². The van der Waals surface area contributed by atoms with Gasteiger partial charge in [0.25, 0.3) is 11.8 Å². The molecule has 8 heteroatoms. The van der Waals surface area contributed by atoms with Crippen molar-refractivity contribution in [2.45, 2.75) is 0 Å². The highest BCUT2D eigenvalue weighted by Gasteiger charge is 2.21. The molecule has 0 spiro atoms. The quantitative estimate of drug-likeness (QED) is 0.783. The van der Waals surface area contributed by atoms with Gasteiger partial charge in [0.2, 0.25) is 5.75 Å². The average molecular weight is 413 g/mol. The van der Waals surface area contributed by atoms with Crippen molar-refractivity contribution in [3.8, 4) is 17.2 Å². The average Bonchev–Trinajstić information content (AvgIpc) is 2.78. The fourth-order valence-corrected chi connectivity index (χ4v) is 3.34. The molecule has 0 atom stereocenters. The van der Waals surface area contributed by atoms with Crippen LogP contribution >= 0.6 is 0 Å². The molecule has 0 unspecified atom stereocenters. The smallest absolute Gasteiger partial charge is 0.255 e. The van der Waals surface area contributed by atoms with Crippen LogP contribution in [0.15, 0.2) is 36.4 Å². The summed E-state index contributed by atoms with van der Waals surface area (Å²) in [5, 5.41) is 2.83. The van der Waals surface area contributed by atoms with Gasteiger partial charge in [-0.15, -0.1) is 0 Å². The number of rotatable bonds is 6. The minimum absolute atomic E-state index is 0.0352. The summed E-state index contributed by atoms with van der Waals surface area (Å²) in [6, 6.07) is 10.1. The summed E-state index contributed by atoms with van der Waals surface area (Å²) < 4.78 is 15.9. The monoisotopic (exact) mass is 413 g/mol. The fourth-order valence-electron chi connectivity index (χ4n) is 3.34. The summed E-state index contributed by atoms with van der Waals surface area (Å²) in [5.74, 6) is 0.809. The van der Waals surface area contributed by atoms with Crippen LogP contribution in [0.3, 0.4) is 0 Å². The number of nitrogens with zero attached hydrogens (tertiary/aromatic N) is 2. The molecular weight excluding hydrogens is 386 g/mol. The molecule has 1 N–H and O–H groups in total. The Morgan fingerprint density at radius 3 is 2.07 bits per heavy atom. The first kappa shape index (κ1) is 21.4. The Kier molecular flexibility index (Phi) is 6.79. The normalized spacial score (nSPS) is 14.2. The number of amides is 2. The molecule has 0 radical (unpaired) electrons. The third-order valence-corrected chi connectivity index (χ3v) is 5.08. The zero-order valence-electron chi connectivity index (χ0n) is 17.7. The minimum atomic E-state index is -0.349. The maximum absolute atomic E-state index is 12.8. The number of piperazine rings is 1. The number of hydrogen-bond acceptors (Lipinski definition) is 6. The van der Waals surface area contributed by atoms with Gasteiger partial charge in [0.15, 0.2) is 11.5 Å². The Balaban J connectivity index is 1.78. The number of carbonyl (C=O) groups is 2. The molecule has 160 valence electrons. The van der Waals surface area contributed by atoms with Gasteiger partial charge in [-0.3, -0.25) is 9.59 Å². The molecule has 1 heterocycles. The Labute approximate surface area is 176 Å². The van der Waals surface area contributed by atoms with Crippen molar-refractivity contribution in [2.24, 2.45) is 0 Å². The van der Waals surface area contributed by atoms with Gasteiger partial charge in [-0.2, -0.15) is 0 Å². The second-order valence-corrected chi connectivity index (χ2v) is 7.04. The molecule has 2 amide bonds. The number of benzene rings is 2. The topological polar surface area (TPSA) is 80.3 Å². The largest absolute Gasteiger partial charge is 0.493 e. The number of hydrogen-bond donors (Lipinski definition) is 1. The first-order valence-corrected chi connectivity index (χ1v) is 9.66. The third-order valence-electron chi connectivity index (χ3n) is 5.08. The first-order chi connectivity index (χ1) is 14.5. The van der Waals surface area contributed by atoms with Gasteiger partial charge in [-0.1, -0.05) is 6.07 Å². The van der Waals surface area contributed by atoms with Crippen LogP contribution in [0.4, 0.5) is 5.69 Å². The minimum Gasteiger partial charge on any atom is -0.493 e. The van der Waals surface area contributed by atoms with Crippen molar-refractivity contribution >= 4 is 17.5 Å². The molecule has 0 aliphatic carbocycles. The maximum Gasteiger partial charge on any atom is 0.255 e. The van der Waals surface area contributed by atoms with E-state index in [1.165, 1.54) is 21.3 Å². The van der Waals surface area contributed by atoms with Gasteiger partial charge in [-0.25, -0.2) is 0 Å². The van der Waals surface area contributed by atoms with E-state index in [4.69, 9.17) is 14.2 Å². The molecule has 2 aromatic carbocycles. The summed E-state index contributed by atoms with van der Waals surface area (Å²) in [4.78, 5) is 29.6. The summed E-state index contributed by atoms with van der Waals surface area (Å²) in [6.45, 7) is 3.08. The molecule has 0 bridgehead atoms. The van der Waals surface area contributed by atoms with E-state index in [1.54, 1.807) is 36.4 Å². The summed E-state index contributed by atoms with van der Waals surface area (Å²) in [6.07, 6.45) is 0. The van der Waals surface area contributed by atoms with E-state index >= 15 is 0 Å². The lowest BCUT2D eigenvalue weighted by molar-refractivity contribution is 0.0664. The summed E-state index contributed by atoms with van der Waals surface area (Å²) in [7, 11) is 6.53. The number of anilines is 1. The van der Waals surface area contributed by atoms with Crippen molar-refractivity contribution in [1.82, 2.24) is 9.80 Å². The van der Waals surface area contributed by atoms with Crippen molar-refractivity contribution < 1.29 is 23.8 Å². The molecular formula is C22H27N3O5. The molecule has 1 aliphatic heterocycles. The predicted molar refractivity (Wildman–Crippen MR) is 114 cm³/mol. The van der Waals surface area contributed by atoms with E-state index in [0.29, 0.717) is 47.2 Å². The van der Waals surface area contributed by atoms with Crippen LogP contribution < -0.4 is 19.5 Å². The van der Waals surface area contributed by atoms with Crippen LogP contribution in [0.5, 0.6) is 17.2 Å². The van der Waals surface area contributed by atoms with Crippen LogP contribution in [0.1, 0.15) is 20.7 Å². The Hall–Kier alpha value is -3.26. The van der Waals surface area contributed by atoms with Gasteiger partial charge in [0.05, 0.1) is 21.3 Å². The molecule has 30 heavy (non-hydrogen) atoms. The van der Waals surface area contributed by atoms with Gasteiger partial charge in [0, 0.05) is 43.0 Å². The van der Waals surface area contributed by atoms with E-state index in [9.17, 15) is 9.59 Å². The Bertz CT molecular complexity index is 898. The Morgan fingerprint density at radius 2 is 1.50 bits per heavy atom. The molecule has 1 saturated heterocycles. The van der Waals surface area contributed by atoms with E-state index in [2.05, 4.69) is 10.2 Å². The Morgan fingerprint density at radius 1 is 0.867 bits per heavy atom. The zero-order valence-corrected chi connectivity index (χ0v) is 17.7. The van der Waals surface area contributed by atoms with Crippen LogP contribution in [0.2, 0.25) is 0 Å². The highest BCUT2D eigenvalue weighted by molar-refractivity contribution is 6.06. The summed E-state index contributed by atoms with van der Waals surface area (Å²) in [5.41, 5.74) is 1.43. The standard InChI is InChI=1S/C22H27N3O5/c1-24-8-10-25(11-9-24)22(27)15-6-5-7-17(12-15)23-21(26)16-13-18(28-2)20(30-4)19(14-16)29-3/h5-7,12-14H,8-11H2,1-4H3,(H,23,26). The molecule has 8 nitrogen and oxygen atoms in total. The van der Waals surface area contributed by atoms with Crippen molar-refractivity contribution in [2.75, 3.05) is 59.9 Å².